The number of carbonyl (C=O) groups excluding carboxylic acids is 4. The number of hydrogen-bond acceptors (Lipinski definition) is 7. The van der Waals surface area contributed by atoms with Crippen LogP contribution < -0.4 is 10.2 Å². The van der Waals surface area contributed by atoms with E-state index in [1.807, 2.05) is 21.9 Å². The zero-order chi connectivity index (χ0) is 39.2. The van der Waals surface area contributed by atoms with Gasteiger partial charge in [0.25, 0.3) is 0 Å². The molecule has 0 radical (unpaired) electrons. The molecule has 3 fully saturated rings. The van der Waals surface area contributed by atoms with Crippen LogP contribution in [-0.4, -0.2) is 107 Å². The minimum Gasteiger partial charge on any atom is -0.444 e. The van der Waals surface area contributed by atoms with Crippen LogP contribution in [0.25, 0.3) is 5.57 Å². The molecule has 5 aliphatic heterocycles. The highest BCUT2D eigenvalue weighted by molar-refractivity contribution is 5.89. The molecular weight excluding hydrogens is 706 g/mol. The maximum absolute atomic E-state index is 14.9. The van der Waals surface area contributed by atoms with Gasteiger partial charge in [0.2, 0.25) is 18.2 Å². The normalized spacial score (nSPS) is 21.1. The van der Waals surface area contributed by atoms with Gasteiger partial charge in [-0.05, 0) is 125 Å². The first-order valence-electron chi connectivity index (χ1n) is 19.5. The van der Waals surface area contributed by atoms with Gasteiger partial charge >= 0.3 is 6.09 Å². The van der Waals surface area contributed by atoms with E-state index in [-0.39, 0.29) is 36.2 Å². The molecule has 2 aromatic carbocycles. The molecule has 7 rings (SSSR count). The lowest BCUT2D eigenvalue weighted by atomic mass is 9.82. The molecule has 3 atom stereocenters. The number of ether oxygens (including phenoxy) is 1. The summed E-state index contributed by atoms with van der Waals surface area (Å²) in [5.74, 6) is -1.25. The molecule has 4 amide bonds. The molecule has 55 heavy (non-hydrogen) atoms. The molecule has 2 aromatic rings. The molecule has 2 unspecified atom stereocenters. The average Bonchev–Trinajstić information content (AvgIpc) is 3.81. The Morgan fingerprint density at radius 3 is 2.44 bits per heavy atom. The van der Waals surface area contributed by atoms with Crippen molar-refractivity contribution >= 4 is 35.6 Å². The molecule has 0 bridgehead atoms. The van der Waals surface area contributed by atoms with E-state index in [4.69, 9.17) is 4.74 Å². The van der Waals surface area contributed by atoms with Gasteiger partial charge in [-0.2, -0.15) is 0 Å². The Bertz CT molecular complexity index is 1940. The summed E-state index contributed by atoms with van der Waals surface area (Å²) in [7, 11) is 1.49. The zero-order valence-corrected chi connectivity index (χ0v) is 32.5. The lowest BCUT2D eigenvalue weighted by molar-refractivity contribution is -0.134. The van der Waals surface area contributed by atoms with Crippen molar-refractivity contribution in [2.75, 3.05) is 44.7 Å². The SMILES string of the molecule is CC(C(=O)NCC(=O)N1CCCC1CC1=C2C3=C(C[C@@H]4CCCN4C=O)c4ccc(F)cc4CN3CCN2c2cc(F)ccc2C1)N(C)C(=O)OC(C)(C)C. The van der Waals surface area contributed by atoms with E-state index in [1.165, 1.54) is 24.1 Å². The van der Waals surface area contributed by atoms with Crippen molar-refractivity contribution in [2.45, 2.75) is 103 Å². The topological polar surface area (TPSA) is 106 Å². The Morgan fingerprint density at radius 1 is 0.945 bits per heavy atom. The fourth-order valence-electron chi connectivity index (χ4n) is 8.95. The summed E-state index contributed by atoms with van der Waals surface area (Å²) in [6, 6.07) is 8.97. The third kappa shape index (κ3) is 7.80. The number of halogens is 2. The number of fused-ring (bicyclic) bond motifs is 6. The van der Waals surface area contributed by atoms with Crippen molar-refractivity contribution in [1.82, 2.24) is 24.9 Å². The smallest absolute Gasteiger partial charge is 0.410 e. The quantitative estimate of drug-likeness (QED) is 0.333. The number of piperazine rings is 1. The third-order valence-electron chi connectivity index (χ3n) is 11.8. The number of nitrogens with zero attached hydrogens (tertiary/aromatic N) is 5. The third-order valence-corrected chi connectivity index (χ3v) is 11.8. The van der Waals surface area contributed by atoms with Crippen LogP contribution in [0.1, 0.15) is 82.9 Å². The first-order valence-corrected chi connectivity index (χ1v) is 19.5. The molecule has 0 aliphatic carbocycles. The lowest BCUT2D eigenvalue weighted by Crippen LogP contribution is -2.50. The zero-order valence-electron chi connectivity index (χ0n) is 32.5. The van der Waals surface area contributed by atoms with Gasteiger partial charge in [-0.25, -0.2) is 13.6 Å². The van der Waals surface area contributed by atoms with Crippen molar-refractivity contribution in [1.29, 1.82) is 0 Å². The molecule has 0 aromatic heterocycles. The standard InChI is InChI=1S/C42H52F2N6O5/c1-26(46(5)41(54)55-42(2,3)4)40(53)45-23-37(52)49-15-7-9-33(49)20-28-18-27-10-11-31(44)21-36(27)50-17-16-47-24-29-19-30(43)12-13-34(29)35(39(47)38(28)50)22-32-8-6-14-48(32)25-51/h10-13,19,21,25-26,32-33H,6-9,14-18,20,22-24H2,1-5H3,(H,45,53)/t26?,32-,33?/m0/s1. The van der Waals surface area contributed by atoms with Crippen molar-refractivity contribution in [3.63, 3.8) is 0 Å². The lowest BCUT2D eigenvalue weighted by Gasteiger charge is -2.49. The van der Waals surface area contributed by atoms with Crippen molar-refractivity contribution in [3.05, 3.63) is 81.7 Å². The van der Waals surface area contributed by atoms with E-state index in [0.717, 1.165) is 77.0 Å². The number of amides is 4. The van der Waals surface area contributed by atoms with E-state index in [9.17, 15) is 28.0 Å². The summed E-state index contributed by atoms with van der Waals surface area (Å²) in [6.07, 6.45) is 5.49. The van der Waals surface area contributed by atoms with Gasteiger partial charge in [0.05, 0.1) is 17.9 Å². The molecule has 0 spiro atoms. The summed E-state index contributed by atoms with van der Waals surface area (Å²) >= 11 is 0. The number of nitrogens with one attached hydrogen (secondary N) is 1. The molecule has 294 valence electrons. The average molecular weight is 759 g/mol. The predicted molar refractivity (Wildman–Crippen MR) is 204 cm³/mol. The summed E-state index contributed by atoms with van der Waals surface area (Å²) in [4.78, 5) is 61.0. The van der Waals surface area contributed by atoms with Gasteiger partial charge < -0.3 is 29.7 Å². The Hall–Kier alpha value is -4.94. The Kier molecular flexibility index (Phi) is 10.7. The van der Waals surface area contributed by atoms with E-state index in [0.29, 0.717) is 52.0 Å². The maximum atomic E-state index is 14.9. The first-order chi connectivity index (χ1) is 26.2. The number of hydrogen-bond donors (Lipinski definition) is 1. The van der Waals surface area contributed by atoms with E-state index in [1.54, 1.807) is 39.8 Å². The van der Waals surface area contributed by atoms with Crippen LogP contribution in [0.15, 0.2) is 53.4 Å². The van der Waals surface area contributed by atoms with E-state index >= 15 is 0 Å². The maximum Gasteiger partial charge on any atom is 0.410 e. The summed E-state index contributed by atoms with van der Waals surface area (Å²) in [5, 5.41) is 2.74. The Morgan fingerprint density at radius 2 is 1.67 bits per heavy atom. The van der Waals surface area contributed by atoms with Gasteiger partial charge in [0.15, 0.2) is 0 Å². The number of likely N-dealkylation sites (tertiary alicyclic amines) is 2. The van der Waals surface area contributed by atoms with Gasteiger partial charge in [0, 0.05) is 57.5 Å². The number of anilines is 1. The highest BCUT2D eigenvalue weighted by Gasteiger charge is 2.41. The second-order valence-corrected chi connectivity index (χ2v) is 16.5. The Labute approximate surface area is 321 Å². The van der Waals surface area contributed by atoms with Crippen LogP contribution in [0.5, 0.6) is 0 Å². The monoisotopic (exact) mass is 758 g/mol. The van der Waals surface area contributed by atoms with Crippen molar-refractivity contribution in [3.8, 4) is 0 Å². The van der Waals surface area contributed by atoms with Crippen molar-refractivity contribution < 1.29 is 32.7 Å². The first kappa shape index (κ1) is 38.3. The van der Waals surface area contributed by atoms with Gasteiger partial charge in [-0.15, -0.1) is 0 Å². The Balaban J connectivity index is 1.20. The summed E-state index contributed by atoms with van der Waals surface area (Å²) in [6.45, 7) is 9.71. The molecule has 13 heteroatoms. The second kappa shape index (κ2) is 15.3. The largest absolute Gasteiger partial charge is 0.444 e. The summed E-state index contributed by atoms with van der Waals surface area (Å²) < 4.78 is 35.0. The summed E-state index contributed by atoms with van der Waals surface area (Å²) in [5.41, 5.74) is 7.27. The van der Waals surface area contributed by atoms with Gasteiger partial charge in [0.1, 0.15) is 23.3 Å². The highest BCUT2D eigenvalue weighted by atomic mass is 19.1. The molecule has 5 heterocycles. The molecule has 1 N–H and O–H groups in total. The second-order valence-electron chi connectivity index (χ2n) is 16.5. The van der Waals surface area contributed by atoms with Gasteiger partial charge in [-0.3, -0.25) is 19.3 Å². The number of likely N-dealkylation sites (N-methyl/N-ethyl adjacent to an activating group) is 1. The van der Waals surface area contributed by atoms with E-state index in [2.05, 4.69) is 15.1 Å². The molecule has 3 saturated heterocycles. The number of benzene rings is 2. The van der Waals surface area contributed by atoms with Crippen molar-refractivity contribution in [2.24, 2.45) is 0 Å². The fraction of sp³-hybridized carbons (Fsp3) is 0.524. The minimum atomic E-state index is -0.848. The predicted octanol–water partition coefficient (Wildman–Crippen LogP) is 5.59. The molecule has 0 saturated carbocycles. The van der Waals surface area contributed by atoms with E-state index < -0.39 is 23.6 Å². The molecular formula is C42H52F2N6O5. The van der Waals surface area contributed by atoms with Crippen LogP contribution in [-0.2, 0) is 32.1 Å². The number of carbonyl (C=O) groups is 4. The van der Waals surface area contributed by atoms with Crippen LogP contribution in [0.4, 0.5) is 19.3 Å². The molecule has 11 nitrogen and oxygen atoms in total. The van der Waals surface area contributed by atoms with Crippen LogP contribution in [0.3, 0.4) is 0 Å². The van der Waals surface area contributed by atoms with Crippen LogP contribution >= 0.6 is 0 Å². The number of rotatable bonds is 9. The van der Waals surface area contributed by atoms with Crippen LogP contribution in [0.2, 0.25) is 0 Å². The van der Waals surface area contributed by atoms with Crippen LogP contribution in [0, 0.1) is 11.6 Å². The molecule has 5 aliphatic rings. The fourth-order valence-corrected chi connectivity index (χ4v) is 8.95. The minimum absolute atomic E-state index is 0.00963. The van der Waals surface area contributed by atoms with Gasteiger partial charge in [-0.1, -0.05) is 12.1 Å². The highest BCUT2D eigenvalue weighted by Crippen LogP contribution is 2.48.